The van der Waals surface area contributed by atoms with E-state index < -0.39 is 11.8 Å². The Labute approximate surface area is 154 Å². The molecule has 2 aromatic rings. The maximum Gasteiger partial charge on any atom is 0.285 e. The standard InChI is InChI=1S/C18H14N2O3S2/c1-11-5-7-13(8-6-11)16(22)19-20-17(23)15(25-18(20)24)10-12-3-2-4-14(21)9-12/h2-10,21H,1H3,(H,19,22)/b15-10+. The number of aromatic hydroxyl groups is 1. The third kappa shape index (κ3) is 3.89. The van der Waals surface area contributed by atoms with Gasteiger partial charge in [0, 0.05) is 5.56 Å². The molecule has 1 aliphatic heterocycles. The zero-order chi connectivity index (χ0) is 18.0. The average molecular weight is 370 g/mol. The number of hydrazine groups is 1. The molecule has 2 amide bonds. The summed E-state index contributed by atoms with van der Waals surface area (Å²) in [4.78, 5) is 25.2. The van der Waals surface area contributed by atoms with Gasteiger partial charge < -0.3 is 5.11 Å². The van der Waals surface area contributed by atoms with E-state index in [1.54, 1.807) is 36.4 Å². The smallest absolute Gasteiger partial charge is 0.285 e. The Morgan fingerprint density at radius 3 is 2.64 bits per heavy atom. The minimum atomic E-state index is -0.407. The number of rotatable bonds is 3. The lowest BCUT2D eigenvalue weighted by Crippen LogP contribution is -2.44. The maximum absolute atomic E-state index is 12.5. The summed E-state index contributed by atoms with van der Waals surface area (Å²) in [7, 11) is 0. The van der Waals surface area contributed by atoms with Crippen LogP contribution in [0, 0.1) is 6.92 Å². The van der Waals surface area contributed by atoms with Crippen molar-refractivity contribution in [2.75, 3.05) is 0 Å². The molecule has 5 nitrogen and oxygen atoms in total. The van der Waals surface area contributed by atoms with Gasteiger partial charge in [0.25, 0.3) is 11.8 Å². The van der Waals surface area contributed by atoms with Gasteiger partial charge in [-0.3, -0.25) is 15.0 Å². The van der Waals surface area contributed by atoms with E-state index in [4.69, 9.17) is 12.2 Å². The van der Waals surface area contributed by atoms with E-state index >= 15 is 0 Å². The minimum Gasteiger partial charge on any atom is -0.508 e. The lowest BCUT2D eigenvalue weighted by Gasteiger charge is -2.15. The van der Waals surface area contributed by atoms with Gasteiger partial charge in [0.15, 0.2) is 4.32 Å². The van der Waals surface area contributed by atoms with Gasteiger partial charge in [0.05, 0.1) is 4.91 Å². The van der Waals surface area contributed by atoms with Crippen molar-refractivity contribution in [3.63, 3.8) is 0 Å². The molecular weight excluding hydrogens is 356 g/mol. The number of phenols is 1. The van der Waals surface area contributed by atoms with Crippen molar-refractivity contribution >= 4 is 46.2 Å². The molecule has 126 valence electrons. The minimum absolute atomic E-state index is 0.108. The second-order valence-electron chi connectivity index (χ2n) is 5.42. The summed E-state index contributed by atoms with van der Waals surface area (Å²) in [5.74, 6) is -0.703. The second-order valence-corrected chi connectivity index (χ2v) is 7.09. The molecular formula is C18H14N2O3S2. The molecule has 1 saturated heterocycles. The lowest BCUT2D eigenvalue weighted by molar-refractivity contribution is -0.123. The van der Waals surface area contributed by atoms with Crippen LogP contribution in [0.4, 0.5) is 0 Å². The van der Waals surface area contributed by atoms with Gasteiger partial charge in [0.1, 0.15) is 5.75 Å². The van der Waals surface area contributed by atoms with E-state index in [-0.39, 0.29) is 10.1 Å². The first-order valence-corrected chi connectivity index (χ1v) is 8.61. The van der Waals surface area contributed by atoms with Crippen LogP contribution in [0.1, 0.15) is 21.5 Å². The highest BCUT2D eigenvalue weighted by Crippen LogP contribution is 2.31. The van der Waals surface area contributed by atoms with Crippen molar-refractivity contribution in [1.29, 1.82) is 0 Å². The van der Waals surface area contributed by atoms with E-state index in [1.807, 2.05) is 19.1 Å². The highest BCUT2D eigenvalue weighted by molar-refractivity contribution is 8.26. The van der Waals surface area contributed by atoms with Crippen molar-refractivity contribution in [3.8, 4) is 5.75 Å². The number of thioether (sulfide) groups is 1. The summed E-state index contributed by atoms with van der Waals surface area (Å²) < 4.78 is 0.247. The zero-order valence-corrected chi connectivity index (χ0v) is 14.9. The van der Waals surface area contributed by atoms with Crippen LogP contribution in [-0.4, -0.2) is 26.3 Å². The number of phenolic OH excluding ortho intramolecular Hbond substituents is 1. The van der Waals surface area contributed by atoms with Crippen LogP contribution in [0.5, 0.6) is 5.75 Å². The quantitative estimate of drug-likeness (QED) is 0.641. The van der Waals surface area contributed by atoms with Crippen LogP contribution >= 0.6 is 24.0 Å². The normalized spacial score (nSPS) is 15.7. The Bertz CT molecular complexity index is 891. The summed E-state index contributed by atoms with van der Waals surface area (Å²) in [6.07, 6.45) is 1.62. The van der Waals surface area contributed by atoms with Gasteiger partial charge in [-0.25, -0.2) is 0 Å². The fraction of sp³-hybridized carbons (Fsp3) is 0.0556. The monoisotopic (exact) mass is 370 g/mol. The molecule has 0 spiro atoms. The molecule has 0 atom stereocenters. The van der Waals surface area contributed by atoms with Crippen molar-refractivity contribution in [3.05, 3.63) is 70.1 Å². The molecule has 1 aliphatic rings. The Morgan fingerprint density at radius 2 is 1.96 bits per heavy atom. The molecule has 0 unspecified atom stereocenters. The van der Waals surface area contributed by atoms with E-state index in [1.165, 1.54) is 6.07 Å². The number of benzene rings is 2. The fourth-order valence-corrected chi connectivity index (χ4v) is 3.38. The molecule has 0 aliphatic carbocycles. The summed E-state index contributed by atoms with van der Waals surface area (Å²) in [6, 6.07) is 13.5. The predicted octanol–water partition coefficient (Wildman–Crippen LogP) is 3.25. The Balaban J connectivity index is 1.77. The number of hydrogen-bond donors (Lipinski definition) is 2. The van der Waals surface area contributed by atoms with Crippen LogP contribution in [0.15, 0.2) is 53.4 Å². The number of thiocarbonyl (C=S) groups is 1. The topological polar surface area (TPSA) is 69.6 Å². The highest BCUT2D eigenvalue weighted by Gasteiger charge is 2.33. The largest absolute Gasteiger partial charge is 0.508 e. The second kappa shape index (κ2) is 7.08. The highest BCUT2D eigenvalue weighted by atomic mass is 32.2. The van der Waals surface area contributed by atoms with E-state index in [2.05, 4.69) is 5.43 Å². The first-order chi connectivity index (χ1) is 11.9. The summed E-state index contributed by atoms with van der Waals surface area (Å²) in [5, 5.41) is 10.6. The fourth-order valence-electron chi connectivity index (χ4n) is 2.20. The first-order valence-electron chi connectivity index (χ1n) is 7.39. The van der Waals surface area contributed by atoms with Gasteiger partial charge in [-0.15, -0.1) is 0 Å². The number of carbonyl (C=O) groups is 2. The van der Waals surface area contributed by atoms with Gasteiger partial charge in [-0.1, -0.05) is 41.6 Å². The first kappa shape index (κ1) is 17.2. The number of nitrogens with zero attached hydrogens (tertiary/aromatic N) is 1. The Morgan fingerprint density at radius 1 is 1.24 bits per heavy atom. The Kier molecular flexibility index (Phi) is 4.87. The van der Waals surface area contributed by atoms with Crippen molar-refractivity contribution in [2.24, 2.45) is 0 Å². The lowest BCUT2D eigenvalue weighted by atomic mass is 10.1. The SMILES string of the molecule is Cc1ccc(C(=O)NN2C(=O)/C(=C\c3cccc(O)c3)SC2=S)cc1. The number of aryl methyl sites for hydroxylation is 1. The van der Waals surface area contributed by atoms with Crippen LogP contribution < -0.4 is 5.43 Å². The van der Waals surface area contributed by atoms with E-state index in [0.29, 0.717) is 16.0 Å². The van der Waals surface area contributed by atoms with Crippen LogP contribution in [0.3, 0.4) is 0 Å². The number of amides is 2. The van der Waals surface area contributed by atoms with Gasteiger partial charge in [-0.05, 0) is 55.0 Å². The van der Waals surface area contributed by atoms with E-state index in [0.717, 1.165) is 22.3 Å². The number of hydrogen-bond acceptors (Lipinski definition) is 5. The molecule has 2 aromatic carbocycles. The summed E-state index contributed by atoms with van der Waals surface area (Å²) in [5.41, 5.74) is 4.68. The molecule has 2 N–H and O–H groups in total. The third-order valence-electron chi connectivity index (χ3n) is 3.49. The summed E-state index contributed by atoms with van der Waals surface area (Å²) >= 11 is 6.28. The molecule has 3 rings (SSSR count). The molecule has 1 heterocycles. The maximum atomic E-state index is 12.5. The third-order valence-corrected chi connectivity index (χ3v) is 4.79. The molecule has 7 heteroatoms. The van der Waals surface area contributed by atoms with Crippen LogP contribution in [0.25, 0.3) is 6.08 Å². The molecule has 0 bridgehead atoms. The molecule has 1 fully saturated rings. The van der Waals surface area contributed by atoms with Crippen molar-refractivity contribution < 1.29 is 14.7 Å². The zero-order valence-electron chi connectivity index (χ0n) is 13.2. The van der Waals surface area contributed by atoms with Crippen molar-refractivity contribution in [2.45, 2.75) is 6.92 Å². The molecule has 0 aromatic heterocycles. The predicted molar refractivity (Wildman–Crippen MR) is 102 cm³/mol. The molecule has 25 heavy (non-hydrogen) atoms. The average Bonchev–Trinajstić information content (AvgIpc) is 2.83. The number of nitrogens with one attached hydrogen (secondary N) is 1. The Hall–Kier alpha value is -2.64. The molecule has 0 radical (unpaired) electrons. The van der Waals surface area contributed by atoms with E-state index in [9.17, 15) is 14.7 Å². The van der Waals surface area contributed by atoms with Gasteiger partial charge in [-0.2, -0.15) is 5.01 Å². The van der Waals surface area contributed by atoms with Gasteiger partial charge in [0.2, 0.25) is 0 Å². The van der Waals surface area contributed by atoms with Crippen LogP contribution in [-0.2, 0) is 4.79 Å². The number of carbonyl (C=O) groups excluding carboxylic acids is 2. The van der Waals surface area contributed by atoms with Gasteiger partial charge >= 0.3 is 0 Å². The summed E-state index contributed by atoms with van der Waals surface area (Å²) in [6.45, 7) is 1.93. The van der Waals surface area contributed by atoms with Crippen LogP contribution in [0.2, 0.25) is 0 Å². The molecule has 0 saturated carbocycles. The van der Waals surface area contributed by atoms with Crippen molar-refractivity contribution in [1.82, 2.24) is 10.4 Å².